The highest BCUT2D eigenvalue weighted by atomic mass is 32.2. The van der Waals surface area contributed by atoms with Gasteiger partial charge < -0.3 is 5.32 Å². The fourth-order valence-electron chi connectivity index (χ4n) is 2.01. The summed E-state index contributed by atoms with van der Waals surface area (Å²) in [5.74, 6) is -0.126. The Kier molecular flexibility index (Phi) is 5.56. The van der Waals surface area contributed by atoms with Gasteiger partial charge in [0.05, 0.1) is 4.90 Å². The van der Waals surface area contributed by atoms with Crippen LogP contribution >= 0.6 is 11.3 Å². The van der Waals surface area contributed by atoms with Crippen LogP contribution in [-0.2, 0) is 21.2 Å². The third-order valence-electron chi connectivity index (χ3n) is 3.48. The second kappa shape index (κ2) is 7.25. The summed E-state index contributed by atoms with van der Waals surface area (Å²) >= 11 is 1.60. The number of rotatable bonds is 6. The van der Waals surface area contributed by atoms with Gasteiger partial charge in [0.2, 0.25) is 15.9 Å². The molecule has 0 unspecified atom stereocenters. The lowest BCUT2D eigenvalue weighted by Gasteiger charge is -2.14. The minimum atomic E-state index is -3.52. The average molecular weight is 352 g/mol. The summed E-state index contributed by atoms with van der Waals surface area (Å²) in [4.78, 5) is 12.3. The van der Waals surface area contributed by atoms with Crippen molar-refractivity contribution >= 4 is 33.0 Å². The SMILES string of the molecule is Cc1ccc(S(=O)(=O)N(C)C)cc1NC(=O)CCc1ccsc1. The standard InChI is InChI=1S/C16H20N2O3S2/c1-12-4-6-14(23(20,21)18(2)3)10-15(12)17-16(19)7-5-13-8-9-22-11-13/h4,6,8-11H,5,7H2,1-3H3,(H,17,19). The zero-order chi connectivity index (χ0) is 17.0. The Hall–Kier alpha value is -1.70. The lowest BCUT2D eigenvalue weighted by atomic mass is 10.1. The fraction of sp³-hybridized carbons (Fsp3) is 0.312. The first-order valence-electron chi connectivity index (χ1n) is 7.15. The van der Waals surface area contributed by atoms with Crippen LogP contribution in [0.15, 0.2) is 39.9 Å². The number of hydrogen-bond donors (Lipinski definition) is 1. The Morgan fingerprint density at radius 1 is 1.26 bits per heavy atom. The molecule has 0 bridgehead atoms. The Balaban J connectivity index is 2.11. The number of nitrogens with one attached hydrogen (secondary N) is 1. The van der Waals surface area contributed by atoms with Crippen LogP contribution in [0.5, 0.6) is 0 Å². The normalized spacial score (nSPS) is 11.7. The number of aryl methyl sites for hydroxylation is 2. The highest BCUT2D eigenvalue weighted by Crippen LogP contribution is 2.22. The predicted molar refractivity (Wildman–Crippen MR) is 93.3 cm³/mol. The average Bonchev–Trinajstić information content (AvgIpc) is 3.00. The molecule has 1 amide bonds. The molecule has 2 aromatic rings. The van der Waals surface area contributed by atoms with E-state index in [-0.39, 0.29) is 10.8 Å². The molecule has 23 heavy (non-hydrogen) atoms. The quantitative estimate of drug-likeness (QED) is 0.869. The van der Waals surface area contributed by atoms with Gasteiger partial charge in [-0.15, -0.1) is 0 Å². The first-order chi connectivity index (χ1) is 10.8. The van der Waals surface area contributed by atoms with Gasteiger partial charge in [-0.2, -0.15) is 11.3 Å². The molecule has 0 radical (unpaired) electrons. The van der Waals surface area contributed by atoms with Crippen LogP contribution in [-0.4, -0.2) is 32.7 Å². The van der Waals surface area contributed by atoms with E-state index < -0.39 is 10.0 Å². The molecular weight excluding hydrogens is 332 g/mol. The van der Waals surface area contributed by atoms with E-state index in [1.54, 1.807) is 23.5 Å². The van der Waals surface area contributed by atoms with E-state index >= 15 is 0 Å². The van der Waals surface area contributed by atoms with Crippen LogP contribution in [0, 0.1) is 6.92 Å². The minimum Gasteiger partial charge on any atom is -0.326 e. The van der Waals surface area contributed by atoms with Gasteiger partial charge in [-0.1, -0.05) is 6.07 Å². The van der Waals surface area contributed by atoms with Crippen molar-refractivity contribution in [3.63, 3.8) is 0 Å². The Morgan fingerprint density at radius 3 is 2.61 bits per heavy atom. The van der Waals surface area contributed by atoms with Gasteiger partial charge in [0.15, 0.2) is 0 Å². The topological polar surface area (TPSA) is 66.5 Å². The number of amides is 1. The third kappa shape index (κ3) is 4.40. The molecule has 0 aliphatic carbocycles. The fourth-order valence-corrected chi connectivity index (χ4v) is 3.64. The van der Waals surface area contributed by atoms with Gasteiger partial charge >= 0.3 is 0 Å². The number of anilines is 1. The minimum absolute atomic E-state index is 0.126. The second-order valence-corrected chi connectivity index (χ2v) is 8.38. The summed E-state index contributed by atoms with van der Waals surface area (Å²) in [7, 11) is -0.555. The van der Waals surface area contributed by atoms with E-state index in [1.165, 1.54) is 20.2 Å². The smallest absolute Gasteiger partial charge is 0.242 e. The van der Waals surface area contributed by atoms with E-state index in [0.717, 1.165) is 15.4 Å². The molecule has 7 heteroatoms. The summed E-state index contributed by atoms with van der Waals surface area (Å²) in [5.41, 5.74) is 2.49. The van der Waals surface area contributed by atoms with Crippen molar-refractivity contribution in [3.8, 4) is 0 Å². The summed E-state index contributed by atoms with van der Waals surface area (Å²) in [6, 6.07) is 6.75. The van der Waals surface area contributed by atoms with Crippen LogP contribution in [0.3, 0.4) is 0 Å². The summed E-state index contributed by atoms with van der Waals surface area (Å²) < 4.78 is 25.5. The monoisotopic (exact) mass is 352 g/mol. The maximum Gasteiger partial charge on any atom is 0.242 e. The van der Waals surface area contributed by atoms with Crippen molar-refractivity contribution in [1.29, 1.82) is 0 Å². The molecule has 0 fully saturated rings. The molecule has 0 spiro atoms. The molecule has 0 aliphatic rings. The number of thiophene rings is 1. The number of benzene rings is 1. The third-order valence-corrected chi connectivity index (χ3v) is 6.03. The first-order valence-corrected chi connectivity index (χ1v) is 9.53. The maximum atomic E-state index is 12.2. The van der Waals surface area contributed by atoms with Crippen LogP contribution in [0.2, 0.25) is 0 Å². The van der Waals surface area contributed by atoms with Crippen molar-refractivity contribution in [2.24, 2.45) is 0 Å². The molecule has 124 valence electrons. The molecule has 2 rings (SSSR count). The van der Waals surface area contributed by atoms with Crippen LogP contribution < -0.4 is 5.32 Å². The Bertz CT molecular complexity index is 782. The van der Waals surface area contributed by atoms with Crippen molar-refractivity contribution in [2.75, 3.05) is 19.4 Å². The molecule has 1 N–H and O–H groups in total. The van der Waals surface area contributed by atoms with Gasteiger partial charge in [-0.05, 0) is 53.4 Å². The summed E-state index contributed by atoms with van der Waals surface area (Å²) in [6.07, 6.45) is 1.03. The van der Waals surface area contributed by atoms with E-state index in [4.69, 9.17) is 0 Å². The van der Waals surface area contributed by atoms with Gasteiger partial charge in [-0.3, -0.25) is 4.79 Å². The molecule has 0 saturated carbocycles. The van der Waals surface area contributed by atoms with Crippen LogP contribution in [0.1, 0.15) is 17.5 Å². The highest BCUT2D eigenvalue weighted by molar-refractivity contribution is 7.89. The number of carbonyl (C=O) groups is 1. The molecule has 0 atom stereocenters. The first kappa shape index (κ1) is 17.7. The van der Waals surface area contributed by atoms with Crippen molar-refractivity contribution in [1.82, 2.24) is 4.31 Å². The number of sulfonamides is 1. The van der Waals surface area contributed by atoms with Crippen LogP contribution in [0.4, 0.5) is 5.69 Å². The van der Waals surface area contributed by atoms with Gasteiger partial charge in [0, 0.05) is 26.2 Å². The number of hydrogen-bond acceptors (Lipinski definition) is 4. The lowest BCUT2D eigenvalue weighted by Crippen LogP contribution is -2.22. The zero-order valence-electron chi connectivity index (χ0n) is 13.4. The van der Waals surface area contributed by atoms with E-state index in [1.807, 2.05) is 23.8 Å². The zero-order valence-corrected chi connectivity index (χ0v) is 15.0. The van der Waals surface area contributed by atoms with Crippen molar-refractivity contribution in [3.05, 3.63) is 46.2 Å². The lowest BCUT2D eigenvalue weighted by molar-refractivity contribution is -0.116. The maximum absolute atomic E-state index is 12.2. The molecule has 1 aromatic heterocycles. The second-order valence-electron chi connectivity index (χ2n) is 5.44. The largest absolute Gasteiger partial charge is 0.326 e. The van der Waals surface area contributed by atoms with E-state index in [9.17, 15) is 13.2 Å². The van der Waals surface area contributed by atoms with Crippen molar-refractivity contribution < 1.29 is 13.2 Å². The molecule has 1 aromatic carbocycles. The molecule has 0 aliphatic heterocycles. The van der Waals surface area contributed by atoms with Gasteiger partial charge in [0.25, 0.3) is 0 Å². The van der Waals surface area contributed by atoms with E-state index in [2.05, 4.69) is 5.32 Å². The number of nitrogens with zero attached hydrogens (tertiary/aromatic N) is 1. The predicted octanol–water partition coefficient (Wildman–Crippen LogP) is 2.88. The Labute approximate surface area is 141 Å². The molecule has 0 saturated heterocycles. The van der Waals surface area contributed by atoms with Crippen molar-refractivity contribution in [2.45, 2.75) is 24.7 Å². The van der Waals surface area contributed by atoms with Gasteiger partial charge in [0.1, 0.15) is 0 Å². The van der Waals surface area contributed by atoms with E-state index in [0.29, 0.717) is 18.5 Å². The number of carbonyl (C=O) groups excluding carboxylic acids is 1. The molecular formula is C16H20N2O3S2. The molecule has 5 nitrogen and oxygen atoms in total. The van der Waals surface area contributed by atoms with Crippen LogP contribution in [0.25, 0.3) is 0 Å². The van der Waals surface area contributed by atoms with Gasteiger partial charge in [-0.25, -0.2) is 12.7 Å². The molecule has 1 heterocycles. The summed E-state index contributed by atoms with van der Waals surface area (Å²) in [5, 5.41) is 6.80. The highest BCUT2D eigenvalue weighted by Gasteiger charge is 2.18. The summed E-state index contributed by atoms with van der Waals surface area (Å²) in [6.45, 7) is 1.83. The Morgan fingerprint density at radius 2 is 2.00 bits per heavy atom.